The Kier molecular flexibility index (Phi) is 18.2. The molecule has 0 saturated carbocycles. The third kappa shape index (κ3) is 14.7. The van der Waals surface area contributed by atoms with Gasteiger partial charge in [-0.05, 0) is 16.7 Å². The fourth-order valence-electron chi connectivity index (χ4n) is 3.42. The zero-order chi connectivity index (χ0) is 30.1. The van der Waals surface area contributed by atoms with Crippen molar-refractivity contribution < 1.29 is 37.0 Å². The van der Waals surface area contributed by atoms with E-state index in [0.717, 1.165) is 5.56 Å². The molecule has 41 heavy (non-hydrogen) atoms. The maximum absolute atomic E-state index is 9.05. The van der Waals surface area contributed by atoms with Gasteiger partial charge in [0, 0.05) is 38.0 Å². The van der Waals surface area contributed by atoms with Gasteiger partial charge < -0.3 is 15.3 Å². The molecule has 0 spiro atoms. The molecule has 4 aromatic rings. The first-order valence-electron chi connectivity index (χ1n) is 13.8. The SMILES string of the molecule is CC(C)(CO)c1ccccc1.CC(C)(CO)c1ccccc1.CC(C)(CO)c1ccccc1.[CH2-]c1ccccc1.[Ti]. The van der Waals surface area contributed by atoms with E-state index >= 15 is 0 Å². The average Bonchev–Trinajstić information content (AvgIpc) is 3.00. The number of hydrogen-bond acceptors (Lipinski definition) is 3. The van der Waals surface area contributed by atoms with Gasteiger partial charge in [-0.3, -0.25) is 0 Å². The molecular formula is C37H49O3Ti-. The summed E-state index contributed by atoms with van der Waals surface area (Å²) in [4.78, 5) is 0. The van der Waals surface area contributed by atoms with Gasteiger partial charge in [0.05, 0.1) is 19.8 Å². The standard InChI is InChI=1S/3C10H14O.C7H7.Ti/c3*1-10(2,8-11)9-6-4-3-5-7-9;1-7-5-3-2-4-6-7;/h3*3-7,11H,8H2,1-2H3;2-6H,1H2;/q;;;-1;. The normalized spacial score (nSPS) is 10.8. The van der Waals surface area contributed by atoms with Crippen LogP contribution < -0.4 is 0 Å². The van der Waals surface area contributed by atoms with E-state index in [1.807, 2.05) is 163 Å². The number of rotatable bonds is 6. The third-order valence-electron chi connectivity index (χ3n) is 6.69. The second kappa shape index (κ2) is 19.5. The van der Waals surface area contributed by atoms with Gasteiger partial charge in [-0.1, -0.05) is 139 Å². The average molecular weight is 590 g/mol. The summed E-state index contributed by atoms with van der Waals surface area (Å²) in [6.07, 6.45) is 0. The number of aliphatic hydroxyl groups excluding tert-OH is 3. The molecule has 0 aliphatic rings. The number of hydrogen-bond donors (Lipinski definition) is 3. The van der Waals surface area contributed by atoms with Gasteiger partial charge in [-0.25, -0.2) is 0 Å². The van der Waals surface area contributed by atoms with E-state index in [2.05, 4.69) is 6.92 Å². The minimum absolute atomic E-state index is 0. The zero-order valence-corrected chi connectivity index (χ0v) is 27.3. The Balaban J connectivity index is 0.000000522. The molecule has 0 radical (unpaired) electrons. The molecule has 4 heteroatoms. The van der Waals surface area contributed by atoms with Crippen molar-refractivity contribution in [3.63, 3.8) is 0 Å². The summed E-state index contributed by atoms with van der Waals surface area (Å²) < 4.78 is 0. The summed E-state index contributed by atoms with van der Waals surface area (Å²) >= 11 is 0. The minimum atomic E-state index is -0.110. The van der Waals surface area contributed by atoms with Crippen LogP contribution >= 0.6 is 0 Å². The van der Waals surface area contributed by atoms with Crippen molar-refractivity contribution in [1.29, 1.82) is 0 Å². The molecule has 4 aromatic carbocycles. The van der Waals surface area contributed by atoms with Gasteiger partial charge in [0.1, 0.15) is 0 Å². The third-order valence-corrected chi connectivity index (χ3v) is 6.69. The van der Waals surface area contributed by atoms with E-state index in [1.54, 1.807) is 0 Å². The predicted molar refractivity (Wildman–Crippen MR) is 171 cm³/mol. The van der Waals surface area contributed by atoms with Crippen molar-refractivity contribution in [2.24, 2.45) is 0 Å². The van der Waals surface area contributed by atoms with Crippen LogP contribution in [0.1, 0.15) is 63.8 Å². The van der Waals surface area contributed by atoms with Crippen molar-refractivity contribution in [2.75, 3.05) is 19.8 Å². The second-order valence-corrected chi connectivity index (χ2v) is 11.7. The predicted octanol–water partition coefficient (Wildman–Crippen LogP) is 7.74. The molecule has 3 nitrogen and oxygen atoms in total. The van der Waals surface area contributed by atoms with E-state index in [-0.39, 0.29) is 57.8 Å². The molecule has 4 rings (SSSR count). The van der Waals surface area contributed by atoms with E-state index < -0.39 is 0 Å². The molecule has 0 amide bonds. The number of aliphatic hydroxyl groups is 3. The molecule has 0 fully saturated rings. The van der Waals surface area contributed by atoms with Crippen molar-refractivity contribution in [1.82, 2.24) is 0 Å². The molecule has 0 aromatic heterocycles. The van der Waals surface area contributed by atoms with Crippen LogP contribution in [0.25, 0.3) is 0 Å². The summed E-state index contributed by atoms with van der Waals surface area (Å²) in [5.74, 6) is 0. The molecule has 0 heterocycles. The van der Waals surface area contributed by atoms with E-state index in [9.17, 15) is 0 Å². The van der Waals surface area contributed by atoms with Crippen LogP contribution in [0.3, 0.4) is 0 Å². The van der Waals surface area contributed by atoms with Crippen LogP contribution in [0.5, 0.6) is 0 Å². The van der Waals surface area contributed by atoms with Gasteiger partial charge in [0.15, 0.2) is 0 Å². The van der Waals surface area contributed by atoms with Gasteiger partial charge in [-0.15, -0.1) is 12.1 Å². The van der Waals surface area contributed by atoms with E-state index in [1.165, 1.54) is 16.7 Å². The van der Waals surface area contributed by atoms with Crippen molar-refractivity contribution in [3.05, 3.63) is 151 Å². The van der Waals surface area contributed by atoms with Crippen LogP contribution in [-0.2, 0) is 38.0 Å². The Morgan fingerprint density at radius 2 is 0.610 bits per heavy atom. The smallest absolute Gasteiger partial charge is 0.0522 e. The van der Waals surface area contributed by atoms with Gasteiger partial charge in [0.25, 0.3) is 0 Å². The molecule has 220 valence electrons. The van der Waals surface area contributed by atoms with Crippen molar-refractivity contribution in [3.8, 4) is 0 Å². The van der Waals surface area contributed by atoms with Crippen molar-refractivity contribution in [2.45, 2.75) is 57.8 Å². The molecule has 3 N–H and O–H groups in total. The Morgan fingerprint density at radius 3 is 0.756 bits per heavy atom. The Hall–Kier alpha value is -2.66. The largest absolute Gasteiger partial charge is 0.395 e. The van der Waals surface area contributed by atoms with E-state index in [4.69, 9.17) is 15.3 Å². The fraction of sp³-hybridized carbons (Fsp3) is 0.324. The van der Waals surface area contributed by atoms with Crippen molar-refractivity contribution >= 4 is 0 Å². The Morgan fingerprint density at radius 1 is 0.415 bits per heavy atom. The summed E-state index contributed by atoms with van der Waals surface area (Å²) in [5.41, 5.74) is 4.29. The first-order valence-corrected chi connectivity index (χ1v) is 13.8. The summed E-state index contributed by atoms with van der Waals surface area (Å²) in [7, 11) is 0. The molecule has 0 bridgehead atoms. The first kappa shape index (κ1) is 38.3. The topological polar surface area (TPSA) is 60.7 Å². The maximum atomic E-state index is 9.05. The van der Waals surface area contributed by atoms with Crippen LogP contribution in [0.4, 0.5) is 0 Å². The summed E-state index contributed by atoms with van der Waals surface area (Å²) in [6.45, 7) is 16.5. The monoisotopic (exact) mass is 589 g/mol. The Bertz CT molecular complexity index is 1040. The molecular weight excluding hydrogens is 540 g/mol. The zero-order valence-electron chi connectivity index (χ0n) is 25.7. The van der Waals surface area contributed by atoms with Gasteiger partial charge in [-0.2, -0.15) is 24.6 Å². The maximum Gasteiger partial charge on any atom is 0.0522 e. The number of benzene rings is 4. The Labute approximate surface area is 264 Å². The van der Waals surface area contributed by atoms with E-state index in [0.29, 0.717) is 0 Å². The first-order chi connectivity index (χ1) is 18.9. The fourth-order valence-corrected chi connectivity index (χ4v) is 3.42. The molecule has 0 aliphatic heterocycles. The van der Waals surface area contributed by atoms with Crippen LogP contribution in [0.2, 0.25) is 0 Å². The van der Waals surface area contributed by atoms with Gasteiger partial charge in [0.2, 0.25) is 0 Å². The molecule has 0 saturated heterocycles. The molecule has 0 unspecified atom stereocenters. The van der Waals surface area contributed by atoms with Crippen LogP contribution in [0.15, 0.2) is 121 Å². The minimum Gasteiger partial charge on any atom is -0.395 e. The molecule has 0 atom stereocenters. The quantitative estimate of drug-likeness (QED) is 0.159. The molecule has 0 aliphatic carbocycles. The van der Waals surface area contributed by atoms with Crippen LogP contribution in [0, 0.1) is 6.92 Å². The second-order valence-electron chi connectivity index (χ2n) is 11.7. The summed E-state index contributed by atoms with van der Waals surface area (Å²) in [5, 5.41) is 27.1. The van der Waals surface area contributed by atoms with Crippen LogP contribution in [-0.4, -0.2) is 35.1 Å². The summed E-state index contributed by atoms with van der Waals surface area (Å²) in [6, 6.07) is 40.0. The van der Waals surface area contributed by atoms with Gasteiger partial charge >= 0.3 is 0 Å².